The van der Waals surface area contributed by atoms with Crippen LogP contribution in [0.2, 0.25) is 0 Å². The van der Waals surface area contributed by atoms with E-state index in [9.17, 15) is 0 Å². The fourth-order valence-corrected chi connectivity index (χ4v) is 3.52. The van der Waals surface area contributed by atoms with Gasteiger partial charge in [-0.3, -0.25) is 4.90 Å². The van der Waals surface area contributed by atoms with Gasteiger partial charge in [-0.2, -0.15) is 0 Å². The molecule has 1 fully saturated rings. The van der Waals surface area contributed by atoms with Crippen molar-refractivity contribution in [2.45, 2.75) is 77.2 Å². The van der Waals surface area contributed by atoms with Gasteiger partial charge in [-0.15, -0.1) is 0 Å². The molecule has 0 radical (unpaired) electrons. The number of morpholine rings is 1. The molecule has 20 heavy (non-hydrogen) atoms. The monoisotopic (exact) mass is 347 g/mol. The van der Waals surface area contributed by atoms with Crippen LogP contribution in [0.4, 0.5) is 0 Å². The molecule has 1 heterocycles. The molecule has 0 spiro atoms. The zero-order valence-electron chi connectivity index (χ0n) is 13.4. The highest BCUT2D eigenvalue weighted by Gasteiger charge is 2.20. The molecule has 0 aliphatic carbocycles. The lowest BCUT2D eigenvalue weighted by molar-refractivity contribution is 0.00130. The summed E-state index contributed by atoms with van der Waals surface area (Å²) in [5, 5.41) is 1.05. The normalized spacial score (nSPS) is 20.4. The van der Waals surface area contributed by atoms with Crippen molar-refractivity contribution in [3.8, 4) is 0 Å². The molecule has 3 heteroatoms. The van der Waals surface area contributed by atoms with Crippen LogP contribution < -0.4 is 0 Å². The third-order valence-electron chi connectivity index (χ3n) is 4.33. The quantitative estimate of drug-likeness (QED) is 0.363. The van der Waals surface area contributed by atoms with Crippen molar-refractivity contribution in [1.82, 2.24) is 4.90 Å². The molecule has 1 atom stereocenters. The van der Waals surface area contributed by atoms with E-state index in [1.807, 2.05) is 0 Å². The predicted molar refractivity (Wildman–Crippen MR) is 91.8 cm³/mol. The van der Waals surface area contributed by atoms with Gasteiger partial charge in [0.1, 0.15) is 0 Å². The highest BCUT2D eigenvalue weighted by Crippen LogP contribution is 2.13. The van der Waals surface area contributed by atoms with Crippen LogP contribution in [0.25, 0.3) is 0 Å². The highest BCUT2D eigenvalue weighted by molar-refractivity contribution is 9.09. The zero-order valence-corrected chi connectivity index (χ0v) is 15.0. The first-order valence-corrected chi connectivity index (χ1v) is 9.88. The van der Waals surface area contributed by atoms with E-state index in [1.165, 1.54) is 70.8 Å². The molecule has 1 saturated heterocycles. The Morgan fingerprint density at radius 1 is 0.950 bits per heavy atom. The van der Waals surface area contributed by atoms with Crippen molar-refractivity contribution < 1.29 is 4.74 Å². The smallest absolute Gasteiger partial charge is 0.0630 e. The second-order valence-electron chi connectivity index (χ2n) is 6.10. The molecule has 0 amide bonds. The standard InChI is InChI=1S/C17H34BrNO/c1-2-3-4-5-6-7-8-9-10-11-12-19-13-14-20-16-17(19)15-18/h17H,2-16H2,1H3. The van der Waals surface area contributed by atoms with Crippen LogP contribution in [0.3, 0.4) is 0 Å². The van der Waals surface area contributed by atoms with Crippen molar-refractivity contribution >= 4 is 15.9 Å². The third-order valence-corrected chi connectivity index (χ3v) is 5.07. The summed E-state index contributed by atoms with van der Waals surface area (Å²) in [5.41, 5.74) is 0. The first-order chi connectivity index (χ1) is 9.88. The molecule has 0 aromatic rings. The summed E-state index contributed by atoms with van der Waals surface area (Å²) in [5.74, 6) is 0. The fourth-order valence-electron chi connectivity index (χ4n) is 2.93. The largest absolute Gasteiger partial charge is 0.378 e. The van der Waals surface area contributed by atoms with E-state index in [0.29, 0.717) is 6.04 Å². The molecule has 120 valence electrons. The SMILES string of the molecule is CCCCCCCCCCCCN1CCOCC1CBr. The number of nitrogens with zero attached hydrogens (tertiary/aromatic N) is 1. The number of hydrogen-bond acceptors (Lipinski definition) is 2. The lowest BCUT2D eigenvalue weighted by Crippen LogP contribution is -2.46. The molecular weight excluding hydrogens is 314 g/mol. The number of unbranched alkanes of at least 4 members (excludes halogenated alkanes) is 9. The highest BCUT2D eigenvalue weighted by atomic mass is 79.9. The van der Waals surface area contributed by atoms with E-state index in [0.717, 1.165) is 25.1 Å². The van der Waals surface area contributed by atoms with Crippen LogP contribution in [-0.2, 0) is 4.74 Å². The number of ether oxygens (including phenoxy) is 1. The molecule has 1 aliphatic heterocycles. The predicted octanol–water partition coefficient (Wildman–Crippen LogP) is 5.00. The van der Waals surface area contributed by atoms with Gasteiger partial charge in [0, 0.05) is 17.9 Å². The van der Waals surface area contributed by atoms with Crippen LogP contribution >= 0.6 is 15.9 Å². The van der Waals surface area contributed by atoms with Crippen LogP contribution in [0.15, 0.2) is 0 Å². The van der Waals surface area contributed by atoms with Crippen molar-refractivity contribution in [3.05, 3.63) is 0 Å². The zero-order chi connectivity index (χ0) is 14.5. The molecular formula is C17H34BrNO. The van der Waals surface area contributed by atoms with E-state index in [2.05, 4.69) is 27.8 Å². The van der Waals surface area contributed by atoms with Gasteiger partial charge in [0.15, 0.2) is 0 Å². The van der Waals surface area contributed by atoms with Gasteiger partial charge < -0.3 is 4.74 Å². The molecule has 0 aromatic carbocycles. The first kappa shape index (κ1) is 18.4. The second kappa shape index (κ2) is 13.1. The van der Waals surface area contributed by atoms with Gasteiger partial charge in [-0.25, -0.2) is 0 Å². The average Bonchev–Trinajstić information content (AvgIpc) is 2.49. The molecule has 1 unspecified atom stereocenters. The van der Waals surface area contributed by atoms with Gasteiger partial charge in [-0.1, -0.05) is 80.6 Å². The molecule has 1 rings (SSSR count). The number of alkyl halides is 1. The molecule has 1 aliphatic rings. The summed E-state index contributed by atoms with van der Waals surface area (Å²) in [6, 6.07) is 0.599. The van der Waals surface area contributed by atoms with Crippen LogP contribution in [0.1, 0.15) is 71.1 Å². The van der Waals surface area contributed by atoms with E-state index in [1.54, 1.807) is 0 Å². The second-order valence-corrected chi connectivity index (χ2v) is 6.75. The van der Waals surface area contributed by atoms with Gasteiger partial charge in [0.05, 0.1) is 13.2 Å². The lowest BCUT2D eigenvalue weighted by atomic mass is 10.1. The third kappa shape index (κ3) is 8.63. The Hall–Kier alpha value is 0.400. The number of hydrogen-bond donors (Lipinski definition) is 0. The van der Waals surface area contributed by atoms with Crippen LogP contribution in [0.5, 0.6) is 0 Å². The van der Waals surface area contributed by atoms with E-state index >= 15 is 0 Å². The van der Waals surface area contributed by atoms with Crippen molar-refractivity contribution in [1.29, 1.82) is 0 Å². The summed E-state index contributed by atoms with van der Waals surface area (Å²) < 4.78 is 5.53. The number of halogens is 1. The summed E-state index contributed by atoms with van der Waals surface area (Å²) >= 11 is 3.60. The summed E-state index contributed by atoms with van der Waals surface area (Å²) in [7, 11) is 0. The Morgan fingerprint density at radius 3 is 2.15 bits per heavy atom. The maximum Gasteiger partial charge on any atom is 0.0630 e. The van der Waals surface area contributed by atoms with Gasteiger partial charge in [0.2, 0.25) is 0 Å². The Bertz CT molecular complexity index is 213. The molecule has 2 nitrogen and oxygen atoms in total. The Balaban J connectivity index is 1.86. The maximum absolute atomic E-state index is 5.53. The van der Waals surface area contributed by atoms with Gasteiger partial charge in [0.25, 0.3) is 0 Å². The molecule has 0 aromatic heterocycles. The molecule has 0 saturated carbocycles. The topological polar surface area (TPSA) is 12.5 Å². The van der Waals surface area contributed by atoms with Gasteiger partial charge >= 0.3 is 0 Å². The summed E-state index contributed by atoms with van der Waals surface area (Å²) in [6.45, 7) is 6.49. The van der Waals surface area contributed by atoms with E-state index in [4.69, 9.17) is 4.74 Å². The van der Waals surface area contributed by atoms with Crippen molar-refractivity contribution in [3.63, 3.8) is 0 Å². The van der Waals surface area contributed by atoms with Gasteiger partial charge in [-0.05, 0) is 13.0 Å². The van der Waals surface area contributed by atoms with E-state index < -0.39 is 0 Å². The number of rotatable bonds is 12. The lowest BCUT2D eigenvalue weighted by Gasteiger charge is -2.34. The Morgan fingerprint density at radius 2 is 1.55 bits per heavy atom. The van der Waals surface area contributed by atoms with Crippen LogP contribution in [-0.4, -0.2) is 42.6 Å². The minimum atomic E-state index is 0.599. The van der Waals surface area contributed by atoms with Crippen LogP contribution in [0, 0.1) is 0 Å². The summed E-state index contributed by atoms with van der Waals surface area (Å²) in [4.78, 5) is 2.60. The molecule has 0 N–H and O–H groups in total. The summed E-state index contributed by atoms with van der Waals surface area (Å²) in [6.07, 6.45) is 14.2. The minimum absolute atomic E-state index is 0.599. The molecule has 0 bridgehead atoms. The van der Waals surface area contributed by atoms with Crippen molar-refractivity contribution in [2.24, 2.45) is 0 Å². The Labute approximate surface area is 134 Å². The Kier molecular flexibility index (Phi) is 12.1. The fraction of sp³-hybridized carbons (Fsp3) is 1.00. The first-order valence-electron chi connectivity index (χ1n) is 8.76. The average molecular weight is 348 g/mol. The van der Waals surface area contributed by atoms with Crippen molar-refractivity contribution in [2.75, 3.05) is 31.6 Å². The van der Waals surface area contributed by atoms with E-state index in [-0.39, 0.29) is 0 Å². The maximum atomic E-state index is 5.53. The minimum Gasteiger partial charge on any atom is -0.378 e.